The van der Waals surface area contributed by atoms with Gasteiger partial charge in [-0.25, -0.2) is 9.97 Å². The highest BCUT2D eigenvalue weighted by atomic mass is 16.3. The molecule has 1 N–H and O–H groups in total. The molecule has 0 radical (unpaired) electrons. The van der Waals surface area contributed by atoms with Crippen molar-refractivity contribution >= 4 is 0 Å². The zero-order valence-electron chi connectivity index (χ0n) is 11.1. The van der Waals surface area contributed by atoms with Gasteiger partial charge in [0.15, 0.2) is 0 Å². The molecule has 1 aromatic heterocycles. The molecule has 0 fully saturated rings. The molecule has 0 aliphatic rings. The first-order chi connectivity index (χ1) is 8.61. The van der Waals surface area contributed by atoms with E-state index >= 15 is 0 Å². The Morgan fingerprint density at radius 1 is 1.00 bits per heavy atom. The van der Waals surface area contributed by atoms with Crippen LogP contribution in [-0.2, 0) is 13.0 Å². The lowest BCUT2D eigenvalue weighted by Gasteiger charge is -2.09. The molecule has 0 amide bonds. The Morgan fingerprint density at radius 3 is 2.17 bits per heavy atom. The van der Waals surface area contributed by atoms with Crippen LogP contribution in [0.15, 0.2) is 24.3 Å². The second-order valence-corrected chi connectivity index (χ2v) is 4.55. The van der Waals surface area contributed by atoms with Gasteiger partial charge in [-0.1, -0.05) is 24.3 Å². The Labute approximate surface area is 108 Å². The summed E-state index contributed by atoms with van der Waals surface area (Å²) in [6.45, 7) is 5.93. The predicted molar refractivity (Wildman–Crippen MR) is 71.4 cm³/mol. The highest BCUT2D eigenvalue weighted by Gasteiger charge is 2.08. The van der Waals surface area contributed by atoms with E-state index in [0.29, 0.717) is 0 Å². The maximum absolute atomic E-state index is 9.24. The molecule has 18 heavy (non-hydrogen) atoms. The first kappa shape index (κ1) is 12.7. The van der Waals surface area contributed by atoms with Crippen molar-refractivity contribution in [2.24, 2.45) is 0 Å². The summed E-state index contributed by atoms with van der Waals surface area (Å²) in [4.78, 5) is 8.94. The van der Waals surface area contributed by atoms with E-state index in [-0.39, 0.29) is 6.61 Å². The molecule has 0 unspecified atom stereocenters. The largest absolute Gasteiger partial charge is 0.392 e. The highest BCUT2D eigenvalue weighted by molar-refractivity contribution is 5.30. The monoisotopic (exact) mass is 242 g/mol. The van der Waals surface area contributed by atoms with Gasteiger partial charge in [-0.15, -0.1) is 0 Å². The molecule has 0 spiro atoms. The molecular formula is C15H18N2O. The molecule has 3 nitrogen and oxygen atoms in total. The fourth-order valence-corrected chi connectivity index (χ4v) is 2.10. The molecule has 0 saturated heterocycles. The van der Waals surface area contributed by atoms with E-state index in [1.54, 1.807) is 0 Å². The van der Waals surface area contributed by atoms with Crippen LogP contribution in [0, 0.1) is 20.8 Å². The molecule has 0 atom stereocenters. The van der Waals surface area contributed by atoms with Gasteiger partial charge in [0.2, 0.25) is 0 Å². The summed E-state index contributed by atoms with van der Waals surface area (Å²) in [5.41, 5.74) is 5.07. The van der Waals surface area contributed by atoms with E-state index in [0.717, 1.165) is 29.2 Å². The molecule has 2 rings (SSSR count). The van der Waals surface area contributed by atoms with E-state index in [9.17, 15) is 5.11 Å². The Kier molecular flexibility index (Phi) is 3.72. The molecule has 0 aliphatic heterocycles. The minimum atomic E-state index is 0.00229. The van der Waals surface area contributed by atoms with Crippen molar-refractivity contribution in [1.29, 1.82) is 0 Å². The van der Waals surface area contributed by atoms with Gasteiger partial charge in [-0.2, -0.15) is 0 Å². The quantitative estimate of drug-likeness (QED) is 0.899. The average Bonchev–Trinajstić information content (AvgIpc) is 2.32. The Bertz CT molecular complexity index is 541. The Balaban J connectivity index is 2.34. The van der Waals surface area contributed by atoms with Gasteiger partial charge >= 0.3 is 0 Å². The smallest absolute Gasteiger partial charge is 0.133 e. The van der Waals surface area contributed by atoms with Gasteiger partial charge < -0.3 is 5.11 Å². The fourth-order valence-electron chi connectivity index (χ4n) is 2.10. The van der Waals surface area contributed by atoms with E-state index in [1.807, 2.05) is 26.0 Å². The summed E-state index contributed by atoms with van der Waals surface area (Å²) in [5.74, 6) is 0.816. The maximum Gasteiger partial charge on any atom is 0.133 e. The molecule has 3 heteroatoms. The number of nitrogens with zero attached hydrogens (tertiary/aromatic N) is 2. The number of aromatic nitrogens is 2. The van der Waals surface area contributed by atoms with Gasteiger partial charge in [0.1, 0.15) is 5.82 Å². The van der Waals surface area contributed by atoms with Crippen LogP contribution < -0.4 is 0 Å². The van der Waals surface area contributed by atoms with Crippen molar-refractivity contribution < 1.29 is 5.11 Å². The van der Waals surface area contributed by atoms with Gasteiger partial charge in [-0.05, 0) is 31.9 Å². The van der Waals surface area contributed by atoms with Gasteiger partial charge in [0.25, 0.3) is 0 Å². The van der Waals surface area contributed by atoms with Gasteiger partial charge in [0.05, 0.1) is 6.61 Å². The normalized spacial score (nSPS) is 10.7. The lowest BCUT2D eigenvalue weighted by molar-refractivity contribution is 0.279. The molecule has 94 valence electrons. The molecule has 1 heterocycles. The number of benzene rings is 1. The van der Waals surface area contributed by atoms with Crippen molar-refractivity contribution in [1.82, 2.24) is 9.97 Å². The third-order valence-electron chi connectivity index (χ3n) is 3.23. The minimum absolute atomic E-state index is 0.00229. The molecule has 0 bridgehead atoms. The second-order valence-electron chi connectivity index (χ2n) is 4.55. The van der Waals surface area contributed by atoms with Gasteiger partial charge in [-0.3, -0.25) is 0 Å². The van der Waals surface area contributed by atoms with Crippen LogP contribution in [0.25, 0.3) is 0 Å². The molecule has 1 aromatic carbocycles. The van der Waals surface area contributed by atoms with Gasteiger partial charge in [0, 0.05) is 23.4 Å². The van der Waals surface area contributed by atoms with Crippen LogP contribution in [0.2, 0.25) is 0 Å². The topological polar surface area (TPSA) is 46.0 Å². The summed E-state index contributed by atoms with van der Waals surface area (Å²) in [7, 11) is 0. The van der Waals surface area contributed by atoms with Crippen molar-refractivity contribution in [3.8, 4) is 0 Å². The van der Waals surface area contributed by atoms with Crippen LogP contribution in [0.5, 0.6) is 0 Å². The third kappa shape index (κ3) is 2.57. The highest BCUT2D eigenvalue weighted by Crippen LogP contribution is 2.14. The summed E-state index contributed by atoms with van der Waals surface area (Å²) < 4.78 is 0. The fraction of sp³-hybridized carbons (Fsp3) is 0.333. The third-order valence-corrected chi connectivity index (χ3v) is 3.23. The van der Waals surface area contributed by atoms with Crippen LogP contribution in [0.1, 0.15) is 33.9 Å². The lowest BCUT2D eigenvalue weighted by atomic mass is 10.1. The van der Waals surface area contributed by atoms with E-state index in [1.165, 1.54) is 11.1 Å². The van der Waals surface area contributed by atoms with E-state index < -0.39 is 0 Å². The zero-order valence-corrected chi connectivity index (χ0v) is 11.1. The summed E-state index contributed by atoms with van der Waals surface area (Å²) in [5, 5.41) is 9.24. The molecule has 0 saturated carbocycles. The number of aryl methyl sites for hydroxylation is 3. The maximum atomic E-state index is 9.24. The SMILES string of the molecule is Cc1ccccc1Cc1nc(C)c(CO)c(C)n1. The lowest BCUT2D eigenvalue weighted by Crippen LogP contribution is -2.06. The minimum Gasteiger partial charge on any atom is -0.392 e. The van der Waals surface area contributed by atoms with Crippen molar-refractivity contribution in [3.63, 3.8) is 0 Å². The standard InChI is InChI=1S/C15H18N2O/c1-10-6-4-5-7-13(10)8-15-16-11(2)14(9-18)12(3)17-15/h4-7,18H,8-9H2,1-3H3. The van der Waals surface area contributed by atoms with Crippen molar-refractivity contribution in [2.75, 3.05) is 0 Å². The van der Waals surface area contributed by atoms with Crippen molar-refractivity contribution in [3.05, 3.63) is 58.2 Å². The molecular weight excluding hydrogens is 224 g/mol. The van der Waals surface area contributed by atoms with Crippen molar-refractivity contribution in [2.45, 2.75) is 33.8 Å². The number of aliphatic hydroxyl groups excluding tert-OH is 1. The molecule has 2 aromatic rings. The van der Waals surface area contributed by atoms with Crippen LogP contribution in [0.3, 0.4) is 0 Å². The summed E-state index contributed by atoms with van der Waals surface area (Å²) in [6, 6.07) is 8.26. The van der Waals surface area contributed by atoms with E-state index in [2.05, 4.69) is 29.0 Å². The predicted octanol–water partition coefficient (Wildman–Crippen LogP) is 2.48. The first-order valence-electron chi connectivity index (χ1n) is 6.10. The number of hydrogen-bond donors (Lipinski definition) is 1. The van der Waals surface area contributed by atoms with Crippen LogP contribution in [0.4, 0.5) is 0 Å². The summed E-state index contributed by atoms with van der Waals surface area (Å²) >= 11 is 0. The second kappa shape index (κ2) is 5.27. The average molecular weight is 242 g/mol. The first-order valence-corrected chi connectivity index (χ1v) is 6.10. The Hall–Kier alpha value is -1.74. The summed E-state index contributed by atoms with van der Waals surface area (Å²) in [6.07, 6.45) is 0.736. The molecule has 0 aliphatic carbocycles. The number of hydrogen-bond acceptors (Lipinski definition) is 3. The van der Waals surface area contributed by atoms with E-state index in [4.69, 9.17) is 0 Å². The van der Waals surface area contributed by atoms with Crippen LogP contribution in [-0.4, -0.2) is 15.1 Å². The zero-order chi connectivity index (χ0) is 13.1. The number of rotatable bonds is 3. The number of aliphatic hydroxyl groups is 1. The van der Waals surface area contributed by atoms with Crippen LogP contribution >= 0.6 is 0 Å². The Morgan fingerprint density at radius 2 is 1.61 bits per heavy atom.